The topological polar surface area (TPSA) is 86.8 Å². The lowest BCUT2D eigenvalue weighted by molar-refractivity contribution is -0.139. The van der Waals surface area contributed by atoms with E-state index in [9.17, 15) is 18.0 Å². The molecule has 0 spiro atoms. The van der Waals surface area contributed by atoms with E-state index >= 15 is 0 Å². The molecule has 0 unspecified atom stereocenters. The van der Waals surface area contributed by atoms with Gasteiger partial charge in [0, 0.05) is 13.1 Å². The molecule has 0 saturated carbocycles. The van der Waals surface area contributed by atoms with Crippen LogP contribution in [0.2, 0.25) is 0 Å². The standard InChI is InChI=1S/C25H35N3O4S/c1-6-7-15-26-25(30)21(4)27(17-22-11-9-8-10-12-22)24(29)18-28(33(5,31)32)23-14-13-19(2)20(3)16-23/h8-14,16,21H,6-7,15,17-18H2,1-5H3,(H,26,30)/t21-/m1/s1. The quantitative estimate of drug-likeness (QED) is 0.507. The molecule has 180 valence electrons. The number of aryl methyl sites for hydroxylation is 2. The molecule has 33 heavy (non-hydrogen) atoms. The summed E-state index contributed by atoms with van der Waals surface area (Å²) < 4.78 is 26.3. The van der Waals surface area contributed by atoms with Crippen molar-refractivity contribution < 1.29 is 18.0 Å². The van der Waals surface area contributed by atoms with Gasteiger partial charge in [0.1, 0.15) is 12.6 Å². The van der Waals surface area contributed by atoms with Gasteiger partial charge in [0.25, 0.3) is 0 Å². The predicted octanol–water partition coefficient (Wildman–Crippen LogP) is 3.40. The molecule has 2 aromatic carbocycles. The lowest BCUT2D eigenvalue weighted by atomic mass is 10.1. The number of anilines is 1. The van der Waals surface area contributed by atoms with Crippen LogP contribution in [-0.4, -0.2) is 50.5 Å². The Morgan fingerprint density at radius 3 is 2.27 bits per heavy atom. The fraction of sp³-hybridized carbons (Fsp3) is 0.440. The van der Waals surface area contributed by atoms with Gasteiger partial charge in [-0.2, -0.15) is 0 Å². The van der Waals surface area contributed by atoms with Crippen molar-refractivity contribution in [3.63, 3.8) is 0 Å². The van der Waals surface area contributed by atoms with Crippen molar-refractivity contribution in [3.05, 3.63) is 65.2 Å². The monoisotopic (exact) mass is 473 g/mol. The Morgan fingerprint density at radius 2 is 1.70 bits per heavy atom. The zero-order chi connectivity index (χ0) is 24.6. The van der Waals surface area contributed by atoms with Crippen molar-refractivity contribution in [2.75, 3.05) is 23.7 Å². The lowest BCUT2D eigenvalue weighted by Crippen LogP contribution is -2.51. The molecule has 0 radical (unpaired) electrons. The van der Waals surface area contributed by atoms with Gasteiger partial charge < -0.3 is 10.2 Å². The SMILES string of the molecule is CCCCNC(=O)[C@@H](C)N(Cc1ccccc1)C(=O)CN(c1ccc(C)c(C)c1)S(C)(=O)=O. The molecule has 2 amide bonds. The Balaban J connectivity index is 2.34. The minimum atomic E-state index is -3.73. The Kier molecular flexibility index (Phi) is 9.46. The van der Waals surface area contributed by atoms with Crippen molar-refractivity contribution in [1.29, 1.82) is 0 Å². The van der Waals surface area contributed by atoms with Crippen molar-refractivity contribution in [1.82, 2.24) is 10.2 Å². The Bertz CT molecular complexity index is 1050. The van der Waals surface area contributed by atoms with Gasteiger partial charge in [-0.1, -0.05) is 49.7 Å². The number of amides is 2. The Hall–Kier alpha value is -2.87. The molecular weight excluding hydrogens is 438 g/mol. The number of sulfonamides is 1. The van der Waals surface area contributed by atoms with E-state index in [0.717, 1.165) is 40.1 Å². The van der Waals surface area contributed by atoms with Crippen LogP contribution < -0.4 is 9.62 Å². The molecule has 0 aliphatic rings. The van der Waals surface area contributed by atoms with Crippen LogP contribution >= 0.6 is 0 Å². The van der Waals surface area contributed by atoms with Crippen LogP contribution in [0.5, 0.6) is 0 Å². The average Bonchev–Trinajstić information content (AvgIpc) is 2.77. The van der Waals surface area contributed by atoms with Gasteiger partial charge in [-0.05, 0) is 56.0 Å². The summed E-state index contributed by atoms with van der Waals surface area (Å²) in [5.74, 6) is -0.703. The van der Waals surface area contributed by atoms with E-state index in [4.69, 9.17) is 0 Å². The summed E-state index contributed by atoms with van der Waals surface area (Å²) >= 11 is 0. The molecule has 0 aromatic heterocycles. The third-order valence-electron chi connectivity index (χ3n) is 5.65. The number of rotatable bonds is 11. The van der Waals surface area contributed by atoms with Crippen LogP contribution in [0.1, 0.15) is 43.4 Å². The molecular formula is C25H35N3O4S. The number of nitrogens with one attached hydrogen (secondary N) is 1. The van der Waals surface area contributed by atoms with E-state index in [1.807, 2.05) is 57.2 Å². The minimum absolute atomic E-state index is 0.201. The molecule has 7 nitrogen and oxygen atoms in total. The van der Waals surface area contributed by atoms with E-state index in [1.54, 1.807) is 19.1 Å². The second-order valence-electron chi connectivity index (χ2n) is 8.37. The molecule has 2 rings (SSSR count). The zero-order valence-electron chi connectivity index (χ0n) is 20.2. The van der Waals surface area contributed by atoms with Crippen LogP contribution in [0.15, 0.2) is 48.5 Å². The molecule has 0 aliphatic heterocycles. The van der Waals surface area contributed by atoms with E-state index < -0.39 is 22.0 Å². The van der Waals surface area contributed by atoms with Crippen LogP contribution in [-0.2, 0) is 26.2 Å². The molecule has 2 aromatic rings. The zero-order valence-corrected chi connectivity index (χ0v) is 21.0. The van der Waals surface area contributed by atoms with Gasteiger partial charge in [-0.25, -0.2) is 8.42 Å². The molecule has 0 fully saturated rings. The average molecular weight is 474 g/mol. The van der Waals surface area contributed by atoms with Gasteiger partial charge in [0.2, 0.25) is 21.8 Å². The van der Waals surface area contributed by atoms with Crippen molar-refractivity contribution >= 4 is 27.5 Å². The van der Waals surface area contributed by atoms with Gasteiger partial charge in [0.15, 0.2) is 0 Å². The predicted molar refractivity (Wildman–Crippen MR) is 132 cm³/mol. The van der Waals surface area contributed by atoms with E-state index in [1.165, 1.54) is 4.90 Å². The Morgan fingerprint density at radius 1 is 1.03 bits per heavy atom. The summed E-state index contributed by atoms with van der Waals surface area (Å²) in [5.41, 5.74) is 3.24. The first kappa shape index (κ1) is 26.4. The number of carbonyl (C=O) groups excluding carboxylic acids is 2. The van der Waals surface area contributed by atoms with Crippen LogP contribution in [0.3, 0.4) is 0 Å². The number of hydrogen-bond acceptors (Lipinski definition) is 4. The number of nitrogens with zero attached hydrogens (tertiary/aromatic N) is 2. The van der Waals surface area contributed by atoms with Crippen molar-refractivity contribution in [3.8, 4) is 0 Å². The first-order valence-electron chi connectivity index (χ1n) is 11.2. The van der Waals surface area contributed by atoms with Gasteiger partial charge in [-0.3, -0.25) is 13.9 Å². The highest BCUT2D eigenvalue weighted by molar-refractivity contribution is 7.92. The Labute approximate surface area is 197 Å². The largest absolute Gasteiger partial charge is 0.354 e. The molecule has 0 heterocycles. The molecule has 1 N–H and O–H groups in total. The van der Waals surface area contributed by atoms with Gasteiger partial charge >= 0.3 is 0 Å². The number of unbranched alkanes of at least 4 members (excludes halogenated alkanes) is 1. The van der Waals surface area contributed by atoms with E-state index in [-0.39, 0.29) is 19.0 Å². The third kappa shape index (κ3) is 7.60. The summed E-state index contributed by atoms with van der Waals surface area (Å²) in [6, 6.07) is 13.9. The fourth-order valence-corrected chi connectivity index (χ4v) is 4.23. The second-order valence-corrected chi connectivity index (χ2v) is 10.3. The highest BCUT2D eigenvalue weighted by Gasteiger charge is 2.30. The smallest absolute Gasteiger partial charge is 0.244 e. The summed E-state index contributed by atoms with van der Waals surface area (Å²) in [6.45, 7) is 7.88. The summed E-state index contributed by atoms with van der Waals surface area (Å²) in [5, 5.41) is 2.87. The molecule has 0 bridgehead atoms. The van der Waals surface area contributed by atoms with Crippen LogP contribution in [0, 0.1) is 13.8 Å². The lowest BCUT2D eigenvalue weighted by Gasteiger charge is -2.31. The maximum atomic E-state index is 13.4. The third-order valence-corrected chi connectivity index (χ3v) is 6.79. The maximum absolute atomic E-state index is 13.4. The second kappa shape index (κ2) is 11.8. The number of carbonyl (C=O) groups is 2. The van der Waals surface area contributed by atoms with Crippen molar-refractivity contribution in [2.45, 2.75) is 53.1 Å². The minimum Gasteiger partial charge on any atom is -0.354 e. The normalized spacial score (nSPS) is 12.2. The highest BCUT2D eigenvalue weighted by Crippen LogP contribution is 2.22. The van der Waals surface area contributed by atoms with Crippen LogP contribution in [0.25, 0.3) is 0 Å². The summed E-state index contributed by atoms with van der Waals surface area (Å²) in [6.07, 6.45) is 2.87. The summed E-state index contributed by atoms with van der Waals surface area (Å²) in [4.78, 5) is 27.6. The number of benzene rings is 2. The van der Waals surface area contributed by atoms with E-state index in [2.05, 4.69) is 5.32 Å². The molecule has 0 aliphatic carbocycles. The summed E-state index contributed by atoms with van der Waals surface area (Å²) in [7, 11) is -3.73. The number of hydrogen-bond donors (Lipinski definition) is 1. The molecule has 0 saturated heterocycles. The van der Waals surface area contributed by atoms with Crippen molar-refractivity contribution in [2.24, 2.45) is 0 Å². The van der Waals surface area contributed by atoms with E-state index in [0.29, 0.717) is 12.2 Å². The first-order chi connectivity index (χ1) is 15.5. The molecule has 8 heteroatoms. The van der Waals surface area contributed by atoms with Gasteiger partial charge in [-0.15, -0.1) is 0 Å². The van der Waals surface area contributed by atoms with Crippen LogP contribution in [0.4, 0.5) is 5.69 Å². The highest BCUT2D eigenvalue weighted by atomic mass is 32.2. The maximum Gasteiger partial charge on any atom is 0.244 e. The molecule has 1 atom stereocenters. The fourth-order valence-electron chi connectivity index (χ4n) is 3.39. The van der Waals surface area contributed by atoms with Gasteiger partial charge in [0.05, 0.1) is 11.9 Å². The first-order valence-corrected chi connectivity index (χ1v) is 13.1.